The van der Waals surface area contributed by atoms with Crippen LogP contribution >= 0.6 is 0 Å². The van der Waals surface area contributed by atoms with Gasteiger partial charge in [-0.3, -0.25) is 0 Å². The summed E-state index contributed by atoms with van der Waals surface area (Å²) in [4.78, 5) is 26.6. The summed E-state index contributed by atoms with van der Waals surface area (Å²) < 4.78 is 10.6. The quantitative estimate of drug-likeness (QED) is 0.554. The van der Waals surface area contributed by atoms with Crippen LogP contribution in [-0.4, -0.2) is 35.7 Å². The normalized spacial score (nSPS) is 9.62. The van der Waals surface area contributed by atoms with Gasteiger partial charge in [-0.2, -0.15) is 0 Å². The van der Waals surface area contributed by atoms with Gasteiger partial charge in [0.05, 0.1) is 20.5 Å². The molecule has 0 amide bonds. The van der Waals surface area contributed by atoms with Crippen molar-refractivity contribution in [1.29, 1.82) is 0 Å². The van der Waals surface area contributed by atoms with Crippen LogP contribution in [0.4, 0.5) is 0 Å². The van der Waals surface area contributed by atoms with Gasteiger partial charge in [-0.05, 0) is 0 Å². The lowest BCUT2D eigenvalue weighted by molar-refractivity contribution is 0.0544. The molecule has 0 N–H and O–H groups in total. The molecule has 0 atom stereocenters. The van der Waals surface area contributed by atoms with Crippen LogP contribution in [0.5, 0.6) is 0 Å². The number of aromatic nitrogens is 2. The molecule has 1 aromatic heterocycles. The molecule has 6 nitrogen and oxygen atoms in total. The molecule has 0 saturated heterocycles. The van der Waals surface area contributed by atoms with Gasteiger partial charge in [0, 0.05) is 6.54 Å². The van der Waals surface area contributed by atoms with Crippen LogP contribution in [0.15, 0.2) is 19.0 Å². The summed E-state index contributed by atoms with van der Waals surface area (Å²) >= 11 is 0. The second-order valence-electron chi connectivity index (χ2n) is 2.87. The Kier molecular flexibility index (Phi) is 3.82. The van der Waals surface area contributed by atoms with E-state index in [0.29, 0.717) is 6.54 Å². The molecular weight excluding hydrogens is 212 g/mol. The van der Waals surface area contributed by atoms with Crippen LogP contribution in [-0.2, 0) is 16.0 Å². The molecule has 0 aliphatic carbocycles. The van der Waals surface area contributed by atoms with Gasteiger partial charge >= 0.3 is 11.9 Å². The first-order valence-corrected chi connectivity index (χ1v) is 4.48. The fourth-order valence-corrected chi connectivity index (χ4v) is 1.22. The third-order valence-electron chi connectivity index (χ3n) is 1.92. The Hall–Kier alpha value is -2.11. The van der Waals surface area contributed by atoms with E-state index < -0.39 is 11.9 Å². The molecule has 0 unspecified atom stereocenters. The molecule has 0 radical (unpaired) electrons. The Morgan fingerprint density at radius 3 is 2.56 bits per heavy atom. The minimum Gasteiger partial charge on any atom is -0.464 e. The number of methoxy groups -OCH3 is 2. The summed E-state index contributed by atoms with van der Waals surface area (Å²) in [7, 11) is 2.45. The minimum absolute atomic E-state index is 0.0591. The maximum Gasteiger partial charge on any atom is 0.359 e. The lowest BCUT2D eigenvalue weighted by Gasteiger charge is -2.04. The molecule has 0 aliphatic rings. The van der Waals surface area contributed by atoms with Crippen LogP contribution in [0.25, 0.3) is 0 Å². The summed E-state index contributed by atoms with van der Waals surface area (Å²) in [5, 5.41) is 0. The molecule has 6 heteroatoms. The zero-order chi connectivity index (χ0) is 12.1. The monoisotopic (exact) mass is 224 g/mol. The first-order valence-electron chi connectivity index (χ1n) is 4.48. The first kappa shape index (κ1) is 12.0. The standard InChI is InChI=1S/C10H12N2O4/c1-4-5-12-6-11-7(9(13)15-2)8(12)10(14)16-3/h4,6H,1,5H2,2-3H3. The topological polar surface area (TPSA) is 70.4 Å². The number of ether oxygens (including phenoxy) is 2. The van der Waals surface area contributed by atoms with E-state index in [0.717, 1.165) is 0 Å². The van der Waals surface area contributed by atoms with E-state index in [9.17, 15) is 9.59 Å². The number of imidazole rings is 1. The Bertz CT molecular complexity index is 422. The van der Waals surface area contributed by atoms with Gasteiger partial charge in [0.1, 0.15) is 0 Å². The Morgan fingerprint density at radius 1 is 1.44 bits per heavy atom. The Labute approximate surface area is 92.5 Å². The van der Waals surface area contributed by atoms with E-state index in [1.807, 2.05) is 0 Å². The van der Waals surface area contributed by atoms with Crippen molar-refractivity contribution < 1.29 is 19.1 Å². The van der Waals surface area contributed by atoms with Crippen molar-refractivity contribution in [3.8, 4) is 0 Å². The van der Waals surface area contributed by atoms with E-state index in [4.69, 9.17) is 0 Å². The summed E-state index contributed by atoms with van der Waals surface area (Å²) in [6.07, 6.45) is 2.94. The van der Waals surface area contributed by atoms with E-state index in [1.165, 1.54) is 25.1 Å². The predicted molar refractivity (Wildman–Crippen MR) is 55.1 cm³/mol. The highest BCUT2D eigenvalue weighted by Gasteiger charge is 2.24. The minimum atomic E-state index is -0.678. The van der Waals surface area contributed by atoms with Crippen LogP contribution in [0.3, 0.4) is 0 Å². The lowest BCUT2D eigenvalue weighted by atomic mass is 10.3. The molecule has 1 heterocycles. The van der Waals surface area contributed by atoms with Crippen molar-refractivity contribution in [2.75, 3.05) is 14.2 Å². The molecule has 16 heavy (non-hydrogen) atoms. The van der Waals surface area contributed by atoms with Gasteiger partial charge in [-0.25, -0.2) is 14.6 Å². The number of hydrogen-bond acceptors (Lipinski definition) is 5. The van der Waals surface area contributed by atoms with Crippen molar-refractivity contribution in [2.45, 2.75) is 6.54 Å². The molecule has 0 fully saturated rings. The molecular formula is C10H12N2O4. The molecule has 0 aromatic carbocycles. The van der Waals surface area contributed by atoms with Crippen molar-refractivity contribution in [3.63, 3.8) is 0 Å². The molecule has 0 bridgehead atoms. The average Bonchev–Trinajstić information content (AvgIpc) is 2.71. The van der Waals surface area contributed by atoms with Gasteiger partial charge in [-0.15, -0.1) is 6.58 Å². The van der Waals surface area contributed by atoms with Crippen molar-refractivity contribution >= 4 is 11.9 Å². The Balaban J connectivity index is 3.23. The number of esters is 2. The lowest BCUT2D eigenvalue weighted by Crippen LogP contribution is -2.15. The fourth-order valence-electron chi connectivity index (χ4n) is 1.22. The van der Waals surface area contributed by atoms with Crippen LogP contribution in [0.2, 0.25) is 0 Å². The Morgan fingerprint density at radius 2 is 2.06 bits per heavy atom. The zero-order valence-electron chi connectivity index (χ0n) is 9.10. The van der Waals surface area contributed by atoms with Crippen LogP contribution in [0, 0.1) is 0 Å². The number of hydrogen-bond donors (Lipinski definition) is 0. The smallest absolute Gasteiger partial charge is 0.359 e. The highest BCUT2D eigenvalue weighted by molar-refractivity contribution is 6.00. The number of rotatable bonds is 4. The largest absolute Gasteiger partial charge is 0.464 e. The molecule has 0 saturated carbocycles. The average molecular weight is 224 g/mol. The van der Waals surface area contributed by atoms with E-state index >= 15 is 0 Å². The van der Waals surface area contributed by atoms with Gasteiger partial charge in [-0.1, -0.05) is 6.08 Å². The third-order valence-corrected chi connectivity index (χ3v) is 1.92. The SMILES string of the molecule is C=CCn1cnc(C(=O)OC)c1C(=O)OC. The molecule has 0 aliphatic heterocycles. The van der Waals surface area contributed by atoms with Gasteiger partial charge in [0.2, 0.25) is 0 Å². The van der Waals surface area contributed by atoms with E-state index in [-0.39, 0.29) is 11.4 Å². The van der Waals surface area contributed by atoms with Crippen molar-refractivity contribution in [1.82, 2.24) is 9.55 Å². The predicted octanol–water partition coefficient (Wildman–Crippen LogP) is 0.642. The van der Waals surface area contributed by atoms with E-state index in [2.05, 4.69) is 21.0 Å². The zero-order valence-corrected chi connectivity index (χ0v) is 9.10. The maximum absolute atomic E-state index is 11.5. The second kappa shape index (κ2) is 5.11. The van der Waals surface area contributed by atoms with Crippen molar-refractivity contribution in [3.05, 3.63) is 30.4 Å². The fraction of sp³-hybridized carbons (Fsp3) is 0.300. The highest BCUT2D eigenvalue weighted by atomic mass is 16.5. The third kappa shape index (κ3) is 2.10. The maximum atomic E-state index is 11.5. The van der Waals surface area contributed by atoms with Crippen LogP contribution < -0.4 is 0 Å². The first-order chi connectivity index (χ1) is 7.65. The van der Waals surface area contributed by atoms with Crippen molar-refractivity contribution in [2.24, 2.45) is 0 Å². The van der Waals surface area contributed by atoms with Crippen LogP contribution in [0.1, 0.15) is 21.0 Å². The highest BCUT2D eigenvalue weighted by Crippen LogP contribution is 2.10. The molecule has 1 aromatic rings. The summed E-state index contributed by atoms with van der Waals surface area (Å²) in [5.74, 6) is -1.32. The summed E-state index contributed by atoms with van der Waals surface area (Å²) in [5.41, 5.74) is 0.00505. The number of nitrogens with zero attached hydrogens (tertiary/aromatic N) is 2. The van der Waals surface area contributed by atoms with Gasteiger partial charge in [0.15, 0.2) is 11.4 Å². The molecule has 1 rings (SSSR count). The van der Waals surface area contributed by atoms with E-state index in [1.54, 1.807) is 6.08 Å². The van der Waals surface area contributed by atoms with Gasteiger partial charge < -0.3 is 14.0 Å². The number of carbonyl (C=O) groups excluding carboxylic acids is 2. The molecule has 86 valence electrons. The number of allylic oxidation sites excluding steroid dienone is 1. The van der Waals surface area contributed by atoms with Gasteiger partial charge in [0.25, 0.3) is 0 Å². The second-order valence-corrected chi connectivity index (χ2v) is 2.87. The number of carbonyl (C=O) groups is 2. The summed E-state index contributed by atoms with van der Waals surface area (Å²) in [6, 6.07) is 0. The summed E-state index contributed by atoms with van der Waals surface area (Å²) in [6.45, 7) is 3.90. The molecule has 0 spiro atoms.